The van der Waals surface area contributed by atoms with Gasteiger partial charge >= 0.3 is 0 Å². The smallest absolute Gasteiger partial charge is 0.253 e. The fourth-order valence-corrected chi connectivity index (χ4v) is 3.10. The van der Waals surface area contributed by atoms with Crippen LogP contribution in [0.5, 0.6) is 0 Å². The molecular formula is C21H26N4O. The average molecular weight is 350 g/mol. The van der Waals surface area contributed by atoms with E-state index in [-0.39, 0.29) is 23.4 Å². The molecule has 3 aromatic rings. The Balaban J connectivity index is 1.89. The van der Waals surface area contributed by atoms with E-state index < -0.39 is 0 Å². The molecule has 1 N–H and O–H groups in total. The Hall–Kier alpha value is -2.69. The van der Waals surface area contributed by atoms with Crippen molar-refractivity contribution in [1.82, 2.24) is 20.1 Å². The quantitative estimate of drug-likeness (QED) is 0.752. The molecule has 5 nitrogen and oxygen atoms in total. The highest BCUT2D eigenvalue weighted by molar-refractivity contribution is 5.97. The predicted molar refractivity (Wildman–Crippen MR) is 104 cm³/mol. The van der Waals surface area contributed by atoms with Crippen molar-refractivity contribution < 1.29 is 4.79 Å². The van der Waals surface area contributed by atoms with Crippen LogP contribution in [0.2, 0.25) is 0 Å². The van der Waals surface area contributed by atoms with Crippen LogP contribution in [0.4, 0.5) is 0 Å². The lowest BCUT2D eigenvalue weighted by Gasteiger charge is -2.32. The summed E-state index contributed by atoms with van der Waals surface area (Å²) in [5.41, 5.74) is 2.32. The van der Waals surface area contributed by atoms with Gasteiger partial charge in [0.25, 0.3) is 5.91 Å². The molecule has 5 heteroatoms. The molecule has 136 valence electrons. The number of hydrogen-bond donors (Lipinski definition) is 1. The first-order valence-corrected chi connectivity index (χ1v) is 8.96. The van der Waals surface area contributed by atoms with Gasteiger partial charge in [-0.3, -0.25) is 4.79 Å². The maximum atomic E-state index is 12.9. The van der Waals surface area contributed by atoms with Gasteiger partial charge in [0.05, 0.1) is 17.8 Å². The van der Waals surface area contributed by atoms with Crippen molar-refractivity contribution in [2.75, 3.05) is 0 Å². The number of fused-ring (bicyclic) bond motifs is 1. The molecule has 1 atom stereocenters. The van der Waals surface area contributed by atoms with E-state index in [9.17, 15) is 4.79 Å². The van der Waals surface area contributed by atoms with Gasteiger partial charge in [0.2, 0.25) is 0 Å². The second-order valence-electron chi connectivity index (χ2n) is 8.00. The molecule has 0 aliphatic rings. The number of rotatable bonds is 4. The molecule has 3 rings (SSSR count). The summed E-state index contributed by atoms with van der Waals surface area (Å²) < 4.78 is 1.86. The molecule has 1 aromatic carbocycles. The summed E-state index contributed by atoms with van der Waals surface area (Å²) in [4.78, 5) is 17.3. The molecule has 1 unspecified atom stereocenters. The van der Waals surface area contributed by atoms with Crippen LogP contribution < -0.4 is 5.32 Å². The summed E-state index contributed by atoms with van der Waals surface area (Å²) in [5.74, 6) is -0.125. The summed E-state index contributed by atoms with van der Waals surface area (Å²) >= 11 is 0. The van der Waals surface area contributed by atoms with E-state index in [0.29, 0.717) is 5.56 Å². The zero-order valence-electron chi connectivity index (χ0n) is 16.0. The van der Waals surface area contributed by atoms with E-state index in [2.05, 4.69) is 50.0 Å². The average Bonchev–Trinajstić information content (AvgIpc) is 3.02. The van der Waals surface area contributed by atoms with Crippen LogP contribution in [0.15, 0.2) is 48.8 Å². The van der Waals surface area contributed by atoms with Gasteiger partial charge in [-0.1, -0.05) is 51.1 Å². The van der Waals surface area contributed by atoms with Gasteiger partial charge in [-0.15, -0.1) is 0 Å². The first-order valence-electron chi connectivity index (χ1n) is 8.96. The second-order valence-corrected chi connectivity index (χ2v) is 8.00. The van der Waals surface area contributed by atoms with Crippen LogP contribution in [0, 0.1) is 5.41 Å². The summed E-state index contributed by atoms with van der Waals surface area (Å²) in [7, 11) is 0. The minimum Gasteiger partial charge on any atom is -0.345 e. The van der Waals surface area contributed by atoms with Gasteiger partial charge in [-0.25, -0.2) is 9.67 Å². The number of carbonyl (C=O) groups is 1. The number of pyridine rings is 1. The maximum Gasteiger partial charge on any atom is 0.253 e. The number of hydrogen-bond acceptors (Lipinski definition) is 3. The Kier molecular flexibility index (Phi) is 4.81. The number of carbonyl (C=O) groups excluding carboxylic acids is 1. The van der Waals surface area contributed by atoms with E-state index in [1.807, 2.05) is 41.1 Å². The van der Waals surface area contributed by atoms with Gasteiger partial charge in [0.15, 0.2) is 5.65 Å². The van der Waals surface area contributed by atoms with Crippen LogP contribution in [-0.4, -0.2) is 20.7 Å². The second kappa shape index (κ2) is 6.90. The Morgan fingerprint density at radius 3 is 2.42 bits per heavy atom. The van der Waals surface area contributed by atoms with Crippen LogP contribution in [0.3, 0.4) is 0 Å². The largest absolute Gasteiger partial charge is 0.345 e. The summed E-state index contributed by atoms with van der Waals surface area (Å²) in [5, 5.41) is 8.42. The number of nitrogens with one attached hydrogen (secondary N) is 1. The molecule has 0 spiro atoms. The molecule has 1 amide bonds. The minimum atomic E-state index is -0.125. The van der Waals surface area contributed by atoms with Crippen molar-refractivity contribution >= 4 is 16.9 Å². The minimum absolute atomic E-state index is 0.0923. The standard InChI is InChI=1S/C21H26N4O/c1-14(2)25-19-16(13-23-25)11-17(12-22-19)20(26)24-18(21(3,4)5)15-9-7-6-8-10-15/h6-14,18H,1-5H3,(H,24,26). The normalized spacial score (nSPS) is 13.2. The molecule has 0 saturated heterocycles. The van der Waals surface area contributed by atoms with Crippen LogP contribution in [0.25, 0.3) is 11.0 Å². The number of nitrogens with zero attached hydrogens (tertiary/aromatic N) is 3. The zero-order valence-corrected chi connectivity index (χ0v) is 16.0. The third-order valence-corrected chi connectivity index (χ3v) is 4.46. The third kappa shape index (κ3) is 3.62. The predicted octanol–water partition coefficient (Wildman–Crippen LogP) is 4.53. The van der Waals surface area contributed by atoms with E-state index in [1.54, 1.807) is 12.4 Å². The first kappa shape index (κ1) is 18.1. The third-order valence-electron chi connectivity index (χ3n) is 4.46. The van der Waals surface area contributed by atoms with Crippen LogP contribution in [0.1, 0.15) is 62.6 Å². The molecule has 0 aliphatic carbocycles. The van der Waals surface area contributed by atoms with Crippen molar-refractivity contribution in [2.45, 2.75) is 46.7 Å². The van der Waals surface area contributed by atoms with Crippen molar-refractivity contribution in [3.63, 3.8) is 0 Å². The van der Waals surface area contributed by atoms with Crippen molar-refractivity contribution in [1.29, 1.82) is 0 Å². The molecule has 0 radical (unpaired) electrons. The van der Waals surface area contributed by atoms with Gasteiger partial charge in [-0.2, -0.15) is 5.10 Å². The SMILES string of the molecule is CC(C)n1ncc2cc(C(=O)NC(c3ccccc3)C(C)(C)C)cnc21. The molecule has 0 fully saturated rings. The van der Waals surface area contributed by atoms with Crippen molar-refractivity contribution in [2.24, 2.45) is 5.41 Å². The summed E-state index contributed by atoms with van der Waals surface area (Å²) in [6.45, 7) is 10.5. The molecule has 0 aliphatic heterocycles. The van der Waals surface area contributed by atoms with Gasteiger partial charge in [-0.05, 0) is 30.9 Å². The highest BCUT2D eigenvalue weighted by atomic mass is 16.1. The Labute approximate surface area is 154 Å². The van der Waals surface area contributed by atoms with Crippen LogP contribution in [-0.2, 0) is 0 Å². The van der Waals surface area contributed by atoms with E-state index in [1.165, 1.54) is 0 Å². The number of aromatic nitrogens is 3. The summed E-state index contributed by atoms with van der Waals surface area (Å²) in [6, 6.07) is 12.0. The Morgan fingerprint density at radius 1 is 1.12 bits per heavy atom. The number of amides is 1. The van der Waals surface area contributed by atoms with E-state index in [0.717, 1.165) is 16.6 Å². The Morgan fingerprint density at radius 2 is 1.81 bits per heavy atom. The number of benzene rings is 1. The molecule has 26 heavy (non-hydrogen) atoms. The van der Waals surface area contributed by atoms with Gasteiger partial charge < -0.3 is 5.32 Å². The molecular weight excluding hydrogens is 324 g/mol. The maximum absolute atomic E-state index is 12.9. The zero-order chi connectivity index (χ0) is 18.9. The van der Waals surface area contributed by atoms with E-state index in [4.69, 9.17) is 0 Å². The summed E-state index contributed by atoms with van der Waals surface area (Å²) in [6.07, 6.45) is 3.39. The lowest BCUT2D eigenvalue weighted by Crippen LogP contribution is -2.36. The van der Waals surface area contributed by atoms with Gasteiger partial charge in [0.1, 0.15) is 0 Å². The highest BCUT2D eigenvalue weighted by Crippen LogP contribution is 2.33. The van der Waals surface area contributed by atoms with E-state index >= 15 is 0 Å². The Bertz CT molecular complexity index is 907. The van der Waals surface area contributed by atoms with Crippen molar-refractivity contribution in [3.8, 4) is 0 Å². The molecule has 0 bridgehead atoms. The molecule has 0 saturated carbocycles. The molecule has 2 aromatic heterocycles. The highest BCUT2D eigenvalue weighted by Gasteiger charge is 2.28. The fraction of sp³-hybridized carbons (Fsp3) is 0.381. The lowest BCUT2D eigenvalue weighted by atomic mass is 9.82. The van der Waals surface area contributed by atoms with Gasteiger partial charge in [0, 0.05) is 17.6 Å². The topological polar surface area (TPSA) is 59.8 Å². The van der Waals surface area contributed by atoms with Crippen LogP contribution >= 0.6 is 0 Å². The monoisotopic (exact) mass is 350 g/mol. The fourth-order valence-electron chi connectivity index (χ4n) is 3.10. The molecule has 2 heterocycles. The lowest BCUT2D eigenvalue weighted by molar-refractivity contribution is 0.0901. The first-order chi connectivity index (χ1) is 12.3. The van der Waals surface area contributed by atoms with Crippen molar-refractivity contribution in [3.05, 3.63) is 59.9 Å².